The van der Waals surface area contributed by atoms with Gasteiger partial charge in [0, 0.05) is 6.54 Å². The van der Waals surface area contributed by atoms with Gasteiger partial charge < -0.3 is 33.8 Å². The standard InChI is InChI=1S/C22H22BrNO6/c1-26-21-8-14(10-24-11-16-3-2-6-27-16)7-17(23)22(21)28-12-18(25)15-4-5-19-20(9-15)30-13-29-19/h2-9,18,24-25H,10-13H2,1H3. The molecule has 2 N–H and O–H groups in total. The molecular weight excluding hydrogens is 454 g/mol. The van der Waals surface area contributed by atoms with E-state index in [1.807, 2.05) is 24.3 Å². The van der Waals surface area contributed by atoms with Crippen molar-refractivity contribution >= 4 is 15.9 Å². The summed E-state index contributed by atoms with van der Waals surface area (Å²) in [7, 11) is 1.59. The molecule has 1 atom stereocenters. The number of hydrogen-bond donors (Lipinski definition) is 2. The van der Waals surface area contributed by atoms with E-state index in [0.717, 1.165) is 15.8 Å². The molecule has 0 aliphatic carbocycles. The number of rotatable bonds is 9. The van der Waals surface area contributed by atoms with Crippen LogP contribution in [-0.2, 0) is 13.1 Å². The van der Waals surface area contributed by atoms with Crippen LogP contribution in [0.3, 0.4) is 0 Å². The van der Waals surface area contributed by atoms with Gasteiger partial charge in [-0.2, -0.15) is 0 Å². The number of hydrogen-bond acceptors (Lipinski definition) is 7. The second kappa shape index (κ2) is 9.42. The molecule has 1 aliphatic heterocycles. The first-order valence-electron chi connectivity index (χ1n) is 9.44. The molecule has 0 saturated heterocycles. The van der Waals surface area contributed by atoms with Crippen molar-refractivity contribution in [3.8, 4) is 23.0 Å². The Morgan fingerprint density at radius 3 is 2.80 bits per heavy atom. The molecule has 0 amide bonds. The molecule has 0 fully saturated rings. The van der Waals surface area contributed by atoms with Gasteiger partial charge in [0.05, 0.1) is 24.4 Å². The highest BCUT2D eigenvalue weighted by Crippen LogP contribution is 2.38. The number of benzene rings is 2. The number of halogens is 1. The average Bonchev–Trinajstić information content (AvgIpc) is 3.43. The van der Waals surface area contributed by atoms with Crippen LogP contribution in [0.4, 0.5) is 0 Å². The second-order valence-corrected chi connectivity index (χ2v) is 7.59. The molecule has 7 nitrogen and oxygen atoms in total. The Bertz CT molecular complexity index is 992. The van der Waals surface area contributed by atoms with E-state index in [-0.39, 0.29) is 13.4 Å². The lowest BCUT2D eigenvalue weighted by Gasteiger charge is -2.17. The van der Waals surface area contributed by atoms with Crippen molar-refractivity contribution in [1.82, 2.24) is 5.32 Å². The minimum absolute atomic E-state index is 0.0602. The summed E-state index contributed by atoms with van der Waals surface area (Å²) in [6.07, 6.45) is 0.826. The molecule has 0 radical (unpaired) electrons. The summed E-state index contributed by atoms with van der Waals surface area (Å²) < 4.78 is 28.1. The third-order valence-corrected chi connectivity index (χ3v) is 5.25. The Morgan fingerprint density at radius 2 is 2.00 bits per heavy atom. The number of nitrogens with one attached hydrogen (secondary N) is 1. The molecule has 1 unspecified atom stereocenters. The largest absolute Gasteiger partial charge is 0.493 e. The second-order valence-electron chi connectivity index (χ2n) is 6.73. The number of fused-ring (bicyclic) bond motifs is 1. The van der Waals surface area contributed by atoms with Gasteiger partial charge in [-0.15, -0.1) is 0 Å². The van der Waals surface area contributed by atoms with E-state index in [2.05, 4.69) is 21.2 Å². The van der Waals surface area contributed by atoms with Crippen molar-refractivity contribution in [1.29, 1.82) is 0 Å². The van der Waals surface area contributed by atoms with Crippen LogP contribution in [0.15, 0.2) is 57.6 Å². The fraction of sp³-hybridized carbons (Fsp3) is 0.273. The van der Waals surface area contributed by atoms with E-state index in [0.29, 0.717) is 41.7 Å². The molecule has 2 heterocycles. The smallest absolute Gasteiger partial charge is 0.231 e. The van der Waals surface area contributed by atoms with Gasteiger partial charge in [-0.3, -0.25) is 0 Å². The summed E-state index contributed by atoms with van der Waals surface area (Å²) in [5.41, 5.74) is 1.71. The third-order valence-electron chi connectivity index (χ3n) is 4.66. The van der Waals surface area contributed by atoms with E-state index in [4.69, 9.17) is 23.4 Å². The lowest BCUT2D eigenvalue weighted by atomic mass is 10.1. The van der Waals surface area contributed by atoms with Crippen molar-refractivity contribution in [3.05, 3.63) is 70.1 Å². The fourth-order valence-electron chi connectivity index (χ4n) is 3.14. The van der Waals surface area contributed by atoms with Crippen LogP contribution in [-0.4, -0.2) is 25.6 Å². The van der Waals surface area contributed by atoms with Gasteiger partial charge in [-0.25, -0.2) is 0 Å². The first kappa shape index (κ1) is 20.6. The topological polar surface area (TPSA) is 82.3 Å². The van der Waals surface area contributed by atoms with Gasteiger partial charge in [-0.1, -0.05) is 6.07 Å². The van der Waals surface area contributed by atoms with Crippen LogP contribution in [0.5, 0.6) is 23.0 Å². The van der Waals surface area contributed by atoms with Crippen molar-refractivity contribution in [2.45, 2.75) is 19.2 Å². The zero-order chi connectivity index (χ0) is 20.9. The number of ether oxygens (including phenoxy) is 4. The summed E-state index contributed by atoms with van der Waals surface area (Å²) in [5.74, 6) is 3.28. The predicted molar refractivity (Wildman–Crippen MR) is 113 cm³/mol. The molecule has 1 aromatic heterocycles. The van der Waals surface area contributed by atoms with Gasteiger partial charge in [0.2, 0.25) is 6.79 Å². The molecule has 158 valence electrons. The highest BCUT2D eigenvalue weighted by atomic mass is 79.9. The van der Waals surface area contributed by atoms with Gasteiger partial charge in [-0.05, 0) is 63.5 Å². The number of aliphatic hydroxyl groups excluding tert-OH is 1. The molecule has 1 aliphatic rings. The Morgan fingerprint density at radius 1 is 1.13 bits per heavy atom. The first-order chi connectivity index (χ1) is 14.6. The molecule has 0 spiro atoms. The Hall–Kier alpha value is -2.68. The third kappa shape index (κ3) is 4.72. The molecule has 4 rings (SSSR count). The van der Waals surface area contributed by atoms with Crippen molar-refractivity contribution in [3.63, 3.8) is 0 Å². The van der Waals surface area contributed by atoms with Crippen LogP contribution < -0.4 is 24.3 Å². The maximum Gasteiger partial charge on any atom is 0.231 e. The van der Waals surface area contributed by atoms with E-state index in [9.17, 15) is 5.11 Å². The molecule has 8 heteroatoms. The zero-order valence-corrected chi connectivity index (χ0v) is 18.0. The lowest BCUT2D eigenvalue weighted by molar-refractivity contribution is 0.105. The number of aliphatic hydroxyl groups is 1. The SMILES string of the molecule is COc1cc(CNCc2ccco2)cc(Br)c1OCC(O)c1ccc2c(c1)OCO2. The van der Waals surface area contributed by atoms with Gasteiger partial charge in [0.15, 0.2) is 23.0 Å². The summed E-state index contributed by atoms with van der Waals surface area (Å²) in [4.78, 5) is 0. The lowest BCUT2D eigenvalue weighted by Crippen LogP contribution is -2.13. The maximum absolute atomic E-state index is 10.5. The van der Waals surface area contributed by atoms with Gasteiger partial charge in [0.1, 0.15) is 18.5 Å². The Labute approximate surface area is 182 Å². The zero-order valence-electron chi connectivity index (χ0n) is 16.4. The summed E-state index contributed by atoms with van der Waals surface area (Å²) in [6, 6.07) is 13.0. The number of furan rings is 1. The Kier molecular flexibility index (Phi) is 6.47. The van der Waals surface area contributed by atoms with Crippen molar-refractivity contribution in [2.24, 2.45) is 0 Å². The van der Waals surface area contributed by atoms with Crippen LogP contribution in [0.25, 0.3) is 0 Å². The van der Waals surface area contributed by atoms with E-state index >= 15 is 0 Å². The number of methoxy groups -OCH3 is 1. The molecular formula is C22H22BrNO6. The van der Waals surface area contributed by atoms with Crippen molar-refractivity contribution < 1.29 is 28.5 Å². The average molecular weight is 476 g/mol. The highest BCUT2D eigenvalue weighted by Gasteiger charge is 2.19. The highest BCUT2D eigenvalue weighted by molar-refractivity contribution is 9.10. The summed E-state index contributed by atoms with van der Waals surface area (Å²) in [6.45, 7) is 1.52. The van der Waals surface area contributed by atoms with E-state index in [1.165, 1.54) is 0 Å². The van der Waals surface area contributed by atoms with Gasteiger partial charge in [0.25, 0.3) is 0 Å². The molecule has 2 aromatic carbocycles. The predicted octanol–water partition coefficient (Wildman–Crippen LogP) is 4.18. The van der Waals surface area contributed by atoms with Gasteiger partial charge >= 0.3 is 0 Å². The van der Waals surface area contributed by atoms with Crippen LogP contribution in [0.2, 0.25) is 0 Å². The first-order valence-corrected chi connectivity index (χ1v) is 10.2. The molecule has 30 heavy (non-hydrogen) atoms. The fourth-order valence-corrected chi connectivity index (χ4v) is 3.74. The van der Waals surface area contributed by atoms with Crippen LogP contribution in [0, 0.1) is 0 Å². The monoisotopic (exact) mass is 475 g/mol. The quantitative estimate of drug-likeness (QED) is 0.480. The molecule has 3 aromatic rings. The minimum Gasteiger partial charge on any atom is -0.493 e. The maximum atomic E-state index is 10.5. The van der Waals surface area contributed by atoms with E-state index in [1.54, 1.807) is 31.6 Å². The molecule has 0 bridgehead atoms. The van der Waals surface area contributed by atoms with E-state index < -0.39 is 6.10 Å². The summed E-state index contributed by atoms with van der Waals surface area (Å²) in [5, 5.41) is 13.9. The molecule has 0 saturated carbocycles. The van der Waals surface area contributed by atoms with Crippen LogP contribution in [0.1, 0.15) is 23.0 Å². The minimum atomic E-state index is -0.828. The van der Waals surface area contributed by atoms with Crippen molar-refractivity contribution in [2.75, 3.05) is 20.5 Å². The normalized spacial score (nSPS) is 13.3. The van der Waals surface area contributed by atoms with Crippen LogP contribution >= 0.6 is 15.9 Å². The summed E-state index contributed by atoms with van der Waals surface area (Å²) >= 11 is 3.55. The Balaban J connectivity index is 1.39.